The fourth-order valence-electron chi connectivity index (χ4n) is 2.96. The van der Waals surface area contributed by atoms with Crippen molar-refractivity contribution in [1.29, 1.82) is 10.8 Å². The number of methoxy groups -OCH3 is 1. The van der Waals surface area contributed by atoms with Gasteiger partial charge in [-0.15, -0.1) is 0 Å². The molecule has 0 heterocycles. The van der Waals surface area contributed by atoms with Crippen molar-refractivity contribution in [2.45, 2.75) is 6.61 Å². The van der Waals surface area contributed by atoms with E-state index in [-0.39, 0.29) is 18.3 Å². The Hall–Kier alpha value is -4.13. The van der Waals surface area contributed by atoms with Crippen molar-refractivity contribution in [2.75, 3.05) is 7.11 Å². The Morgan fingerprint density at radius 2 is 1.60 bits per heavy atom. The molecule has 0 aliphatic heterocycles. The summed E-state index contributed by atoms with van der Waals surface area (Å²) in [7, 11) is 1.33. The van der Waals surface area contributed by atoms with Crippen molar-refractivity contribution >= 4 is 17.6 Å². The van der Waals surface area contributed by atoms with Crippen LogP contribution in [0.2, 0.25) is 0 Å². The Bertz CT molecular complexity index is 1110. The third-order valence-corrected chi connectivity index (χ3v) is 4.54. The number of carbonyl (C=O) groups excluding carboxylic acids is 1. The van der Waals surface area contributed by atoms with Crippen molar-refractivity contribution in [3.63, 3.8) is 0 Å². The molecule has 3 aromatic carbocycles. The van der Waals surface area contributed by atoms with E-state index in [2.05, 4.69) is 0 Å². The summed E-state index contributed by atoms with van der Waals surface area (Å²) in [4.78, 5) is 12.3. The smallest absolute Gasteiger partial charge is 0.338 e. The van der Waals surface area contributed by atoms with Crippen molar-refractivity contribution in [3.8, 4) is 16.9 Å². The number of hydrogen-bond donors (Lipinski definition) is 4. The highest BCUT2D eigenvalue weighted by molar-refractivity contribution is 6.00. The minimum Gasteiger partial charge on any atom is -0.489 e. The normalized spacial score (nSPS) is 10.3. The monoisotopic (exact) mass is 402 g/mol. The molecule has 0 atom stereocenters. The molecule has 6 N–H and O–H groups in total. The van der Waals surface area contributed by atoms with Crippen molar-refractivity contribution in [1.82, 2.24) is 0 Å². The van der Waals surface area contributed by atoms with Gasteiger partial charge in [-0.1, -0.05) is 24.3 Å². The number of nitrogens with two attached hydrogens (primary N) is 2. The molecular weight excluding hydrogens is 380 g/mol. The van der Waals surface area contributed by atoms with E-state index in [9.17, 15) is 4.79 Å². The molecule has 3 aromatic rings. The van der Waals surface area contributed by atoms with Gasteiger partial charge in [-0.2, -0.15) is 0 Å². The zero-order chi connectivity index (χ0) is 21.7. The zero-order valence-corrected chi connectivity index (χ0v) is 16.4. The summed E-state index contributed by atoms with van der Waals surface area (Å²) in [5.74, 6) is 0.130. The Morgan fingerprint density at radius 1 is 0.900 bits per heavy atom. The van der Waals surface area contributed by atoms with Crippen LogP contribution in [0.5, 0.6) is 5.75 Å². The number of nitrogen functional groups attached to an aromatic ring is 2. The largest absolute Gasteiger partial charge is 0.489 e. The lowest BCUT2D eigenvalue weighted by molar-refractivity contribution is 0.0601. The topological polar surface area (TPSA) is 135 Å². The molecule has 0 amide bonds. The van der Waals surface area contributed by atoms with Crippen LogP contribution in [0.1, 0.15) is 27.0 Å². The van der Waals surface area contributed by atoms with Crippen LogP contribution < -0.4 is 16.2 Å². The molecule has 0 aliphatic rings. The van der Waals surface area contributed by atoms with E-state index >= 15 is 0 Å². The molecule has 7 nitrogen and oxygen atoms in total. The lowest BCUT2D eigenvalue weighted by Gasteiger charge is -2.13. The molecule has 152 valence electrons. The first kappa shape index (κ1) is 20.6. The highest BCUT2D eigenvalue weighted by Crippen LogP contribution is 2.27. The van der Waals surface area contributed by atoms with Crippen LogP contribution in [0.15, 0.2) is 66.7 Å². The molecule has 0 bridgehead atoms. The number of esters is 1. The lowest BCUT2D eigenvalue weighted by atomic mass is 9.96. The van der Waals surface area contributed by atoms with Gasteiger partial charge in [-0.3, -0.25) is 10.8 Å². The zero-order valence-electron chi connectivity index (χ0n) is 16.4. The fraction of sp³-hybridized carbons (Fsp3) is 0.0870. The second kappa shape index (κ2) is 8.91. The molecule has 7 heteroatoms. The average Bonchev–Trinajstić information content (AvgIpc) is 2.77. The van der Waals surface area contributed by atoms with E-state index in [1.165, 1.54) is 7.11 Å². The van der Waals surface area contributed by atoms with Gasteiger partial charge in [-0.05, 0) is 59.2 Å². The number of rotatable bonds is 7. The number of ether oxygens (including phenoxy) is 2. The molecule has 3 rings (SSSR count). The first-order valence-corrected chi connectivity index (χ1v) is 9.12. The molecule has 0 aromatic heterocycles. The summed E-state index contributed by atoms with van der Waals surface area (Å²) in [6.07, 6.45) is 0. The first-order chi connectivity index (χ1) is 14.4. The molecule has 0 fully saturated rings. The lowest BCUT2D eigenvalue weighted by Crippen LogP contribution is -2.11. The van der Waals surface area contributed by atoms with E-state index in [1.807, 2.05) is 12.1 Å². The van der Waals surface area contributed by atoms with E-state index < -0.39 is 5.97 Å². The van der Waals surface area contributed by atoms with Crippen LogP contribution in [-0.4, -0.2) is 24.8 Å². The predicted molar refractivity (Wildman–Crippen MR) is 116 cm³/mol. The number of nitrogens with one attached hydrogen (secondary N) is 2. The number of hydrogen-bond acceptors (Lipinski definition) is 5. The van der Waals surface area contributed by atoms with E-state index in [0.717, 1.165) is 11.1 Å². The third-order valence-electron chi connectivity index (χ3n) is 4.54. The van der Waals surface area contributed by atoms with Gasteiger partial charge in [0.1, 0.15) is 24.0 Å². The van der Waals surface area contributed by atoms with Crippen molar-refractivity contribution < 1.29 is 14.3 Å². The second-order valence-electron chi connectivity index (χ2n) is 6.59. The number of benzene rings is 3. The standard InChI is InChI=1S/C23H22N4O3/c1-29-23(28)19-10-5-14(13-30-18-8-6-15(7-9-18)21(24)25)11-20(19)16-3-2-4-17(12-16)22(26)27/h2-12H,13H2,1H3,(H3,24,25)(H3,26,27). The first-order valence-electron chi connectivity index (χ1n) is 9.12. The fourth-order valence-corrected chi connectivity index (χ4v) is 2.96. The maximum atomic E-state index is 12.3. The van der Waals surface area contributed by atoms with E-state index in [0.29, 0.717) is 28.0 Å². The minimum atomic E-state index is -0.453. The molecule has 0 unspecified atom stereocenters. The Kier molecular flexibility index (Phi) is 6.12. The van der Waals surface area contributed by atoms with Crippen molar-refractivity contribution in [2.24, 2.45) is 11.5 Å². The van der Waals surface area contributed by atoms with Gasteiger partial charge >= 0.3 is 5.97 Å². The van der Waals surface area contributed by atoms with Gasteiger partial charge < -0.3 is 20.9 Å². The van der Waals surface area contributed by atoms with Gasteiger partial charge in [0.2, 0.25) is 0 Å². The predicted octanol–water partition coefficient (Wildman–Crippen LogP) is 3.29. The van der Waals surface area contributed by atoms with E-state index in [4.69, 9.17) is 31.8 Å². The van der Waals surface area contributed by atoms with Gasteiger partial charge in [0.15, 0.2) is 0 Å². The summed E-state index contributed by atoms with van der Waals surface area (Å²) >= 11 is 0. The molecule has 0 spiro atoms. The summed E-state index contributed by atoms with van der Waals surface area (Å²) < 4.78 is 10.7. The summed E-state index contributed by atoms with van der Waals surface area (Å²) in [5, 5.41) is 15.1. The van der Waals surface area contributed by atoms with Gasteiger partial charge in [-0.25, -0.2) is 4.79 Å². The Labute approximate surface area is 174 Å². The molecule has 30 heavy (non-hydrogen) atoms. The quantitative estimate of drug-likeness (QED) is 0.273. The Morgan fingerprint density at radius 3 is 2.23 bits per heavy atom. The number of carbonyl (C=O) groups is 1. The number of amidine groups is 2. The second-order valence-corrected chi connectivity index (χ2v) is 6.59. The van der Waals surface area contributed by atoms with E-state index in [1.54, 1.807) is 54.6 Å². The van der Waals surface area contributed by atoms with Crippen LogP contribution in [-0.2, 0) is 11.3 Å². The van der Waals surface area contributed by atoms with Gasteiger partial charge in [0, 0.05) is 11.1 Å². The third kappa shape index (κ3) is 4.64. The minimum absolute atomic E-state index is 0.00242. The van der Waals surface area contributed by atoms with Crippen molar-refractivity contribution in [3.05, 3.63) is 89.0 Å². The van der Waals surface area contributed by atoms with Crippen LogP contribution in [0.3, 0.4) is 0 Å². The molecule has 0 saturated heterocycles. The van der Waals surface area contributed by atoms with Crippen LogP contribution in [0, 0.1) is 10.8 Å². The maximum Gasteiger partial charge on any atom is 0.338 e. The molecule has 0 saturated carbocycles. The maximum absolute atomic E-state index is 12.3. The highest BCUT2D eigenvalue weighted by Gasteiger charge is 2.15. The molecule has 0 radical (unpaired) electrons. The molecule has 0 aliphatic carbocycles. The summed E-state index contributed by atoms with van der Waals surface area (Å²) in [5.41, 5.74) is 14.9. The van der Waals surface area contributed by atoms with Crippen LogP contribution in [0.4, 0.5) is 0 Å². The van der Waals surface area contributed by atoms with Crippen LogP contribution in [0.25, 0.3) is 11.1 Å². The average molecular weight is 402 g/mol. The van der Waals surface area contributed by atoms with Gasteiger partial charge in [0.05, 0.1) is 12.7 Å². The van der Waals surface area contributed by atoms with Gasteiger partial charge in [0.25, 0.3) is 0 Å². The molecular formula is C23H22N4O3. The summed E-state index contributed by atoms with van der Waals surface area (Å²) in [6, 6.07) is 19.4. The SMILES string of the molecule is COC(=O)c1ccc(COc2ccc(C(=N)N)cc2)cc1-c1cccc(C(=N)N)c1. The summed E-state index contributed by atoms with van der Waals surface area (Å²) in [6.45, 7) is 0.278. The Balaban J connectivity index is 1.91. The van der Waals surface area contributed by atoms with Crippen LogP contribution >= 0.6 is 0 Å². The highest BCUT2D eigenvalue weighted by atomic mass is 16.5.